The van der Waals surface area contributed by atoms with Gasteiger partial charge in [0, 0.05) is 31.2 Å². The fourth-order valence-electron chi connectivity index (χ4n) is 1.97. The van der Waals surface area contributed by atoms with Crippen molar-refractivity contribution in [2.24, 2.45) is 0 Å². The first-order valence-corrected chi connectivity index (χ1v) is 6.55. The Hall–Kier alpha value is -2.31. The largest absolute Gasteiger partial charge is 0.373 e. The van der Waals surface area contributed by atoms with Gasteiger partial charge in [-0.3, -0.25) is 0 Å². The van der Waals surface area contributed by atoms with E-state index in [1.807, 2.05) is 0 Å². The molecule has 1 fully saturated rings. The highest BCUT2D eigenvalue weighted by molar-refractivity contribution is 5.60. The Morgan fingerprint density at radius 3 is 2.43 bits per heavy atom. The van der Waals surface area contributed by atoms with E-state index in [4.69, 9.17) is 0 Å². The first kappa shape index (κ1) is 13.7. The van der Waals surface area contributed by atoms with Gasteiger partial charge in [0.15, 0.2) is 11.6 Å². The Morgan fingerprint density at radius 2 is 1.76 bits per heavy atom. The van der Waals surface area contributed by atoms with Crippen molar-refractivity contribution in [3.8, 4) is 0 Å². The van der Waals surface area contributed by atoms with E-state index in [2.05, 4.69) is 20.6 Å². The van der Waals surface area contributed by atoms with Gasteiger partial charge in [-0.2, -0.15) is 0 Å². The van der Waals surface area contributed by atoms with Crippen molar-refractivity contribution in [3.05, 3.63) is 41.5 Å². The molecule has 2 N–H and O–H groups in total. The molecule has 1 saturated carbocycles. The summed E-state index contributed by atoms with van der Waals surface area (Å²) in [6.07, 6.45) is 2.02. The van der Waals surface area contributed by atoms with E-state index >= 15 is 0 Å². The van der Waals surface area contributed by atoms with E-state index in [0.717, 1.165) is 18.9 Å². The van der Waals surface area contributed by atoms with Gasteiger partial charge in [-0.1, -0.05) is 0 Å². The molecule has 1 heterocycles. The van der Waals surface area contributed by atoms with Gasteiger partial charge in [0.2, 0.25) is 0 Å². The normalized spacial score (nSPS) is 14.1. The maximum absolute atomic E-state index is 13.7. The molecular formula is C14H13F3N4. The number of hydrogen-bond donors (Lipinski definition) is 2. The second kappa shape index (κ2) is 5.23. The molecule has 0 spiro atoms. The monoisotopic (exact) mass is 294 g/mol. The quantitative estimate of drug-likeness (QED) is 0.847. The number of anilines is 3. The average molecular weight is 294 g/mol. The van der Waals surface area contributed by atoms with Crippen molar-refractivity contribution >= 4 is 17.3 Å². The number of nitrogens with one attached hydrogen (secondary N) is 2. The summed E-state index contributed by atoms with van der Waals surface area (Å²) in [6.45, 7) is 0. The molecule has 3 rings (SSSR count). The highest BCUT2D eigenvalue weighted by atomic mass is 19.2. The molecule has 0 radical (unpaired) electrons. The van der Waals surface area contributed by atoms with Gasteiger partial charge in [0.25, 0.3) is 0 Å². The van der Waals surface area contributed by atoms with Crippen LogP contribution < -0.4 is 10.6 Å². The predicted octanol–water partition coefficient (Wildman–Crippen LogP) is 3.56. The fourth-order valence-corrected chi connectivity index (χ4v) is 1.97. The van der Waals surface area contributed by atoms with Crippen LogP contribution in [0.4, 0.5) is 30.5 Å². The van der Waals surface area contributed by atoms with Crippen molar-refractivity contribution in [1.82, 2.24) is 9.97 Å². The molecule has 1 aromatic heterocycles. The van der Waals surface area contributed by atoms with Crippen LogP contribution in [-0.2, 0) is 0 Å². The molecule has 0 amide bonds. The van der Waals surface area contributed by atoms with E-state index in [1.165, 1.54) is 0 Å². The van der Waals surface area contributed by atoms with Crippen molar-refractivity contribution in [2.45, 2.75) is 18.8 Å². The van der Waals surface area contributed by atoms with Crippen LogP contribution >= 0.6 is 0 Å². The van der Waals surface area contributed by atoms with Crippen LogP contribution in [0.3, 0.4) is 0 Å². The summed E-state index contributed by atoms with van der Waals surface area (Å²) in [5, 5.41) is 5.49. The second-order valence-electron chi connectivity index (χ2n) is 4.90. The second-order valence-corrected chi connectivity index (χ2v) is 4.90. The van der Waals surface area contributed by atoms with Gasteiger partial charge in [0.1, 0.15) is 23.3 Å². The van der Waals surface area contributed by atoms with Crippen LogP contribution in [0.2, 0.25) is 0 Å². The minimum Gasteiger partial charge on any atom is -0.373 e. The van der Waals surface area contributed by atoms with Gasteiger partial charge in [0.05, 0.1) is 5.69 Å². The Labute approximate surface area is 119 Å². The molecule has 7 heteroatoms. The molecular weight excluding hydrogens is 281 g/mol. The van der Waals surface area contributed by atoms with E-state index < -0.39 is 17.5 Å². The molecule has 1 aliphatic carbocycles. The van der Waals surface area contributed by atoms with Crippen LogP contribution in [0.15, 0.2) is 18.2 Å². The van der Waals surface area contributed by atoms with Gasteiger partial charge in [-0.25, -0.2) is 23.1 Å². The van der Waals surface area contributed by atoms with Gasteiger partial charge in [-0.15, -0.1) is 0 Å². The van der Waals surface area contributed by atoms with Crippen molar-refractivity contribution in [1.29, 1.82) is 0 Å². The summed E-state index contributed by atoms with van der Waals surface area (Å²) < 4.78 is 40.0. The van der Waals surface area contributed by atoms with Crippen LogP contribution in [-0.4, -0.2) is 17.0 Å². The van der Waals surface area contributed by atoms with Crippen molar-refractivity contribution in [3.63, 3.8) is 0 Å². The number of halogens is 3. The first-order chi connectivity index (χ1) is 10.1. The molecule has 4 nitrogen and oxygen atoms in total. The molecule has 1 aromatic carbocycles. The van der Waals surface area contributed by atoms with Crippen LogP contribution in [0.1, 0.15) is 24.6 Å². The lowest BCUT2D eigenvalue weighted by Crippen LogP contribution is -2.05. The molecule has 0 saturated heterocycles. The van der Waals surface area contributed by atoms with Gasteiger partial charge >= 0.3 is 0 Å². The minimum absolute atomic E-state index is 0.292. The Balaban J connectivity index is 1.96. The summed E-state index contributed by atoms with van der Waals surface area (Å²) in [6, 6.07) is 2.93. The zero-order chi connectivity index (χ0) is 15.0. The fraction of sp³-hybridized carbons (Fsp3) is 0.286. The Morgan fingerprint density at radius 1 is 1.05 bits per heavy atom. The number of hydrogen-bond acceptors (Lipinski definition) is 4. The summed E-state index contributed by atoms with van der Waals surface area (Å²) in [7, 11) is 1.70. The molecule has 1 aliphatic rings. The number of benzene rings is 1. The third-order valence-electron chi connectivity index (χ3n) is 3.20. The van der Waals surface area contributed by atoms with Crippen LogP contribution in [0, 0.1) is 17.5 Å². The van der Waals surface area contributed by atoms with E-state index in [9.17, 15) is 13.2 Å². The maximum atomic E-state index is 13.7. The molecule has 110 valence electrons. The molecule has 0 unspecified atom stereocenters. The molecule has 0 bridgehead atoms. The van der Waals surface area contributed by atoms with Crippen molar-refractivity contribution in [2.75, 3.05) is 17.7 Å². The topological polar surface area (TPSA) is 49.8 Å². The van der Waals surface area contributed by atoms with Gasteiger partial charge in [-0.05, 0) is 12.8 Å². The maximum Gasteiger partial charge on any atom is 0.182 e. The minimum atomic E-state index is -1.25. The lowest BCUT2D eigenvalue weighted by Gasteiger charge is -2.10. The van der Waals surface area contributed by atoms with E-state index in [1.54, 1.807) is 13.1 Å². The zero-order valence-corrected chi connectivity index (χ0v) is 11.3. The van der Waals surface area contributed by atoms with E-state index in [-0.39, 0.29) is 5.69 Å². The van der Waals surface area contributed by atoms with Crippen molar-refractivity contribution < 1.29 is 13.2 Å². The molecule has 0 aliphatic heterocycles. The lowest BCUT2D eigenvalue weighted by atomic mass is 10.2. The predicted molar refractivity (Wildman–Crippen MR) is 73.2 cm³/mol. The molecule has 21 heavy (non-hydrogen) atoms. The number of rotatable bonds is 4. The smallest absolute Gasteiger partial charge is 0.182 e. The molecule has 0 atom stereocenters. The van der Waals surface area contributed by atoms with E-state index in [0.29, 0.717) is 29.4 Å². The average Bonchev–Trinajstić information content (AvgIpc) is 3.28. The zero-order valence-electron chi connectivity index (χ0n) is 11.3. The third-order valence-corrected chi connectivity index (χ3v) is 3.20. The summed E-state index contributed by atoms with van der Waals surface area (Å²) in [4.78, 5) is 8.57. The SMILES string of the molecule is CNc1cc(Nc2cc(F)cc(F)c2F)nc(C2CC2)n1. The summed E-state index contributed by atoms with van der Waals surface area (Å²) in [5.74, 6) is -1.46. The first-order valence-electron chi connectivity index (χ1n) is 6.55. The summed E-state index contributed by atoms with van der Waals surface area (Å²) >= 11 is 0. The molecule has 2 aromatic rings. The third kappa shape index (κ3) is 2.91. The Kier molecular flexibility index (Phi) is 3.40. The number of nitrogens with zero attached hydrogens (tertiary/aromatic N) is 2. The Bertz CT molecular complexity index is 686. The van der Waals surface area contributed by atoms with Gasteiger partial charge < -0.3 is 10.6 Å². The highest BCUT2D eigenvalue weighted by Gasteiger charge is 2.27. The standard InChI is InChI=1S/C14H13F3N4/c1-18-11-6-12(21-14(20-11)7-2-3-7)19-10-5-8(15)4-9(16)13(10)17/h4-7H,2-3H2,1H3,(H2,18,19,20,21). The summed E-state index contributed by atoms with van der Waals surface area (Å²) in [5.41, 5.74) is -0.296. The highest BCUT2D eigenvalue weighted by Crippen LogP contribution is 2.39. The van der Waals surface area contributed by atoms with Crippen LogP contribution in [0.25, 0.3) is 0 Å². The lowest BCUT2D eigenvalue weighted by molar-refractivity contribution is 0.498. The van der Waals surface area contributed by atoms with Crippen LogP contribution in [0.5, 0.6) is 0 Å². The number of aromatic nitrogens is 2.